The Bertz CT molecular complexity index is 757. The van der Waals surface area contributed by atoms with Gasteiger partial charge < -0.3 is 9.47 Å². The van der Waals surface area contributed by atoms with Gasteiger partial charge in [-0.25, -0.2) is 0 Å². The fraction of sp³-hybridized carbons (Fsp3) is 0.647. The molecule has 0 aromatic heterocycles. The van der Waals surface area contributed by atoms with Crippen molar-refractivity contribution in [3.63, 3.8) is 0 Å². The Morgan fingerprint density at radius 2 is 1.12 bits per heavy atom. The zero-order valence-corrected chi connectivity index (χ0v) is 16.0. The van der Waals surface area contributed by atoms with Gasteiger partial charge in [-0.1, -0.05) is 12.1 Å². The summed E-state index contributed by atoms with van der Waals surface area (Å²) >= 11 is 0. The maximum atomic E-state index is 14.0. The molecule has 0 radical (unpaired) electrons. The van der Waals surface area contributed by atoms with E-state index >= 15 is 0 Å². The summed E-state index contributed by atoms with van der Waals surface area (Å²) in [6.45, 7) is 1.75. The van der Waals surface area contributed by atoms with Gasteiger partial charge in [0.1, 0.15) is 5.75 Å². The van der Waals surface area contributed by atoms with Gasteiger partial charge in [-0.15, -0.1) is 0 Å². The Morgan fingerprint density at radius 3 is 1.50 bits per heavy atom. The molecule has 0 N–H and O–H groups in total. The molecule has 1 rings (SSSR count). The lowest BCUT2D eigenvalue weighted by Crippen LogP contribution is -2.70. The van der Waals surface area contributed by atoms with E-state index in [2.05, 4.69) is 4.74 Å². The Morgan fingerprint density at radius 1 is 0.688 bits per heavy atom. The van der Waals surface area contributed by atoms with Crippen LogP contribution in [0.25, 0.3) is 0 Å². The van der Waals surface area contributed by atoms with Gasteiger partial charge in [0.05, 0.1) is 12.7 Å². The van der Waals surface area contributed by atoms with Crippen LogP contribution in [0, 0.1) is 0 Å². The van der Waals surface area contributed by atoms with Gasteiger partial charge in [0, 0.05) is 13.5 Å². The minimum atomic E-state index is -7.92. The van der Waals surface area contributed by atoms with Gasteiger partial charge in [-0.05, 0) is 24.6 Å². The first-order valence-corrected chi connectivity index (χ1v) is 8.42. The molecule has 0 amide bonds. The van der Waals surface area contributed by atoms with E-state index in [1.807, 2.05) is 0 Å². The molecule has 1 aromatic rings. The SMILES string of the molecule is CCOc1ccc(C(CC(F)(F)C(F)(F)C(F)(F)C(F)(F)C(F)(F)C(F)(F)F)OC)cc1. The minimum absolute atomic E-state index is 0.170. The first kappa shape index (κ1) is 28.1. The van der Waals surface area contributed by atoms with Gasteiger partial charge >= 0.3 is 35.8 Å². The van der Waals surface area contributed by atoms with Crippen molar-refractivity contribution in [1.29, 1.82) is 0 Å². The van der Waals surface area contributed by atoms with Crippen LogP contribution in [0.5, 0.6) is 5.75 Å². The minimum Gasteiger partial charge on any atom is -0.494 e. The van der Waals surface area contributed by atoms with Gasteiger partial charge in [0.25, 0.3) is 0 Å². The molecule has 0 saturated carbocycles. The second-order valence-electron chi connectivity index (χ2n) is 6.43. The van der Waals surface area contributed by atoms with Gasteiger partial charge in [-0.3, -0.25) is 0 Å². The number of methoxy groups -OCH3 is 1. The molecule has 1 unspecified atom stereocenters. The second-order valence-corrected chi connectivity index (χ2v) is 6.43. The van der Waals surface area contributed by atoms with E-state index in [9.17, 15) is 57.1 Å². The van der Waals surface area contributed by atoms with Crippen LogP contribution in [0.15, 0.2) is 24.3 Å². The van der Waals surface area contributed by atoms with E-state index in [4.69, 9.17) is 4.74 Å². The molecular weight excluding hydrogens is 483 g/mol. The van der Waals surface area contributed by atoms with Crippen molar-refractivity contribution in [1.82, 2.24) is 0 Å². The summed E-state index contributed by atoms with van der Waals surface area (Å²) in [5.74, 6) is -36.9. The summed E-state index contributed by atoms with van der Waals surface area (Å²) in [5.41, 5.74) is -0.359. The monoisotopic (exact) mass is 498 g/mol. The van der Waals surface area contributed by atoms with Crippen LogP contribution < -0.4 is 4.74 Å². The molecule has 2 nitrogen and oxygen atoms in total. The summed E-state index contributed by atoms with van der Waals surface area (Å²) < 4.78 is 181. The average Bonchev–Trinajstić information content (AvgIpc) is 2.65. The molecule has 15 heteroatoms. The van der Waals surface area contributed by atoms with Gasteiger partial charge in [0.15, 0.2) is 0 Å². The Balaban J connectivity index is 3.34. The van der Waals surface area contributed by atoms with E-state index < -0.39 is 48.3 Å². The van der Waals surface area contributed by atoms with Crippen LogP contribution in [0.2, 0.25) is 0 Å². The highest BCUT2D eigenvalue weighted by Gasteiger charge is 2.90. The van der Waals surface area contributed by atoms with E-state index in [1.54, 1.807) is 6.92 Å². The van der Waals surface area contributed by atoms with Gasteiger partial charge in [-0.2, -0.15) is 57.1 Å². The number of hydrogen-bond acceptors (Lipinski definition) is 2. The Kier molecular flexibility index (Phi) is 7.71. The molecule has 0 bridgehead atoms. The largest absolute Gasteiger partial charge is 0.494 e. The summed E-state index contributed by atoms with van der Waals surface area (Å²) in [4.78, 5) is 0. The third-order valence-electron chi connectivity index (χ3n) is 4.29. The van der Waals surface area contributed by atoms with Crippen LogP contribution in [-0.4, -0.2) is 49.5 Å². The molecule has 32 heavy (non-hydrogen) atoms. The molecule has 1 atom stereocenters. The van der Waals surface area contributed by atoms with Crippen molar-refractivity contribution in [2.24, 2.45) is 0 Å². The van der Waals surface area contributed by atoms with Crippen LogP contribution in [0.4, 0.5) is 57.1 Å². The second kappa shape index (κ2) is 8.78. The maximum Gasteiger partial charge on any atom is 0.460 e. The molecule has 0 heterocycles. The summed E-state index contributed by atoms with van der Waals surface area (Å²) in [6, 6.07) is 4.21. The number of ether oxygens (including phenoxy) is 2. The number of alkyl halides is 13. The molecule has 0 aliphatic heterocycles. The zero-order chi connectivity index (χ0) is 25.4. The van der Waals surface area contributed by atoms with E-state index in [1.165, 1.54) is 0 Å². The molecule has 186 valence electrons. The molecule has 0 saturated heterocycles. The normalized spacial score (nSPS) is 15.6. The first-order chi connectivity index (χ1) is 14.2. The molecule has 1 aromatic carbocycles. The van der Waals surface area contributed by atoms with Crippen LogP contribution in [-0.2, 0) is 4.74 Å². The summed E-state index contributed by atoms with van der Waals surface area (Å²) in [6.07, 6.45) is -12.1. The smallest absolute Gasteiger partial charge is 0.460 e. The molecule has 0 aliphatic rings. The van der Waals surface area contributed by atoms with Crippen molar-refractivity contribution in [2.75, 3.05) is 13.7 Å². The average molecular weight is 498 g/mol. The highest BCUT2D eigenvalue weighted by atomic mass is 19.4. The molecule has 0 spiro atoms. The molecule has 0 fully saturated rings. The highest BCUT2D eigenvalue weighted by Crippen LogP contribution is 2.61. The van der Waals surface area contributed by atoms with Crippen LogP contribution >= 0.6 is 0 Å². The predicted octanol–water partition coefficient (Wildman–Crippen LogP) is 6.90. The maximum absolute atomic E-state index is 14.0. The number of halogens is 13. The van der Waals surface area contributed by atoms with Crippen molar-refractivity contribution >= 4 is 0 Å². The summed E-state index contributed by atoms with van der Waals surface area (Å²) in [5, 5.41) is 0. The number of benzene rings is 1. The van der Waals surface area contributed by atoms with Crippen molar-refractivity contribution in [2.45, 2.75) is 55.2 Å². The Labute approximate surface area is 172 Å². The molecule has 0 aliphatic carbocycles. The van der Waals surface area contributed by atoms with Crippen molar-refractivity contribution in [3.05, 3.63) is 29.8 Å². The standard InChI is InChI=1S/C17H15F13O2/c1-3-32-10-6-4-9(5-7-10)11(31-2)8-12(18,19)13(20,21)14(22,23)15(24,25)16(26,27)17(28,29)30/h4-7,11H,3,8H2,1-2H3. The van der Waals surface area contributed by atoms with Crippen LogP contribution in [0.1, 0.15) is 25.0 Å². The zero-order valence-electron chi connectivity index (χ0n) is 16.0. The van der Waals surface area contributed by atoms with E-state index in [0.29, 0.717) is 7.11 Å². The van der Waals surface area contributed by atoms with Crippen molar-refractivity contribution < 1.29 is 66.5 Å². The lowest BCUT2D eigenvalue weighted by molar-refractivity contribution is -0.440. The third-order valence-corrected chi connectivity index (χ3v) is 4.29. The van der Waals surface area contributed by atoms with E-state index in [-0.39, 0.29) is 17.9 Å². The number of hydrogen-bond donors (Lipinski definition) is 0. The highest BCUT2D eigenvalue weighted by molar-refractivity contribution is 5.29. The van der Waals surface area contributed by atoms with E-state index in [0.717, 1.165) is 24.3 Å². The third kappa shape index (κ3) is 4.57. The summed E-state index contributed by atoms with van der Waals surface area (Å²) in [7, 11) is 0.653. The fourth-order valence-corrected chi connectivity index (χ4v) is 2.45. The fourth-order valence-electron chi connectivity index (χ4n) is 2.45. The lowest BCUT2D eigenvalue weighted by atomic mass is 9.90. The lowest BCUT2D eigenvalue weighted by Gasteiger charge is -2.40. The van der Waals surface area contributed by atoms with Crippen LogP contribution in [0.3, 0.4) is 0 Å². The predicted molar refractivity (Wildman–Crippen MR) is 82.8 cm³/mol. The van der Waals surface area contributed by atoms with Crippen molar-refractivity contribution in [3.8, 4) is 5.75 Å². The number of rotatable bonds is 10. The quantitative estimate of drug-likeness (QED) is 0.327. The van der Waals surface area contributed by atoms with Gasteiger partial charge in [0.2, 0.25) is 0 Å². The Hall–Kier alpha value is -1.93. The topological polar surface area (TPSA) is 18.5 Å². The first-order valence-electron chi connectivity index (χ1n) is 8.42. The molecular formula is C17H15F13O2.